The molecule has 1 aliphatic heterocycles. The third-order valence-electron chi connectivity index (χ3n) is 4.38. The van der Waals surface area contributed by atoms with Crippen LogP contribution in [0.3, 0.4) is 0 Å². The topological polar surface area (TPSA) is 91.9 Å². The molecule has 0 spiro atoms. The van der Waals surface area contributed by atoms with E-state index >= 15 is 0 Å². The maximum atomic E-state index is 12.6. The number of fused-ring (bicyclic) bond motifs is 1. The molecule has 2 atom stereocenters. The van der Waals surface area contributed by atoms with Gasteiger partial charge in [-0.15, -0.1) is 22.7 Å². The van der Waals surface area contributed by atoms with E-state index in [4.69, 9.17) is 0 Å². The van der Waals surface area contributed by atoms with E-state index < -0.39 is 9.84 Å². The van der Waals surface area contributed by atoms with E-state index in [1.807, 2.05) is 29.8 Å². The number of nitrogens with one attached hydrogen (secondary N) is 2. The van der Waals surface area contributed by atoms with Gasteiger partial charge in [-0.3, -0.25) is 4.79 Å². The Labute approximate surface area is 152 Å². The van der Waals surface area contributed by atoms with Gasteiger partial charge in [0, 0.05) is 21.9 Å². The van der Waals surface area contributed by atoms with Crippen molar-refractivity contribution in [2.75, 3.05) is 11.5 Å². The molecule has 0 saturated carbocycles. The van der Waals surface area contributed by atoms with Crippen LogP contribution in [-0.4, -0.2) is 35.9 Å². The van der Waals surface area contributed by atoms with E-state index in [1.165, 1.54) is 11.3 Å². The number of sulfone groups is 1. The Morgan fingerprint density at radius 1 is 1.40 bits per heavy atom. The summed E-state index contributed by atoms with van der Waals surface area (Å²) in [4.78, 5) is 21.8. The minimum Gasteiger partial charge on any atom is -0.309 e. The van der Waals surface area contributed by atoms with Gasteiger partial charge in [-0.05, 0) is 24.8 Å². The SMILES string of the molecule is C[C@H](N[C@@H]1CCS(=O)(=O)C1)c1nc2scc(-c3cccs3)c2c(=O)[nH]1. The summed E-state index contributed by atoms with van der Waals surface area (Å²) < 4.78 is 23.2. The van der Waals surface area contributed by atoms with Crippen LogP contribution >= 0.6 is 22.7 Å². The molecule has 1 saturated heterocycles. The number of hydrogen-bond donors (Lipinski definition) is 2. The van der Waals surface area contributed by atoms with Crippen LogP contribution < -0.4 is 10.9 Å². The lowest BCUT2D eigenvalue weighted by Crippen LogP contribution is -2.34. The number of rotatable bonds is 4. The molecule has 1 fully saturated rings. The number of aromatic nitrogens is 2. The predicted molar refractivity (Wildman–Crippen MR) is 102 cm³/mol. The number of hydrogen-bond acceptors (Lipinski definition) is 7. The molecular weight excluding hydrogens is 378 g/mol. The molecule has 3 aromatic rings. The lowest BCUT2D eigenvalue weighted by atomic mass is 10.2. The molecule has 0 aromatic carbocycles. The molecule has 0 aliphatic carbocycles. The van der Waals surface area contributed by atoms with Crippen molar-refractivity contribution in [1.29, 1.82) is 0 Å². The lowest BCUT2D eigenvalue weighted by molar-refractivity contribution is 0.469. The van der Waals surface area contributed by atoms with Gasteiger partial charge in [-0.2, -0.15) is 0 Å². The summed E-state index contributed by atoms with van der Waals surface area (Å²) in [6.45, 7) is 1.89. The summed E-state index contributed by atoms with van der Waals surface area (Å²) in [6, 6.07) is 3.64. The molecule has 6 nitrogen and oxygen atoms in total. The average molecular weight is 396 g/mol. The zero-order valence-corrected chi connectivity index (χ0v) is 15.9. The highest BCUT2D eigenvalue weighted by Gasteiger charge is 2.29. The van der Waals surface area contributed by atoms with Crippen LogP contribution in [0.4, 0.5) is 0 Å². The molecule has 3 aromatic heterocycles. The minimum atomic E-state index is -2.94. The Morgan fingerprint density at radius 3 is 2.92 bits per heavy atom. The maximum Gasteiger partial charge on any atom is 0.260 e. The van der Waals surface area contributed by atoms with Crippen molar-refractivity contribution in [2.45, 2.75) is 25.4 Å². The molecule has 9 heteroatoms. The van der Waals surface area contributed by atoms with Crippen molar-refractivity contribution in [1.82, 2.24) is 15.3 Å². The summed E-state index contributed by atoms with van der Waals surface area (Å²) in [6.07, 6.45) is 0.598. The van der Waals surface area contributed by atoms with Gasteiger partial charge >= 0.3 is 0 Å². The highest BCUT2D eigenvalue weighted by molar-refractivity contribution is 7.91. The molecule has 0 bridgehead atoms. The quantitative estimate of drug-likeness (QED) is 0.708. The maximum absolute atomic E-state index is 12.6. The third kappa shape index (κ3) is 3.29. The van der Waals surface area contributed by atoms with E-state index in [1.54, 1.807) is 11.3 Å². The fourth-order valence-electron chi connectivity index (χ4n) is 3.14. The summed E-state index contributed by atoms with van der Waals surface area (Å²) >= 11 is 3.04. The Hall–Kier alpha value is -1.55. The van der Waals surface area contributed by atoms with Crippen LogP contribution in [0.15, 0.2) is 27.7 Å². The Balaban J connectivity index is 1.64. The van der Waals surface area contributed by atoms with E-state index in [2.05, 4.69) is 15.3 Å². The number of nitrogens with zero attached hydrogens (tertiary/aromatic N) is 1. The zero-order chi connectivity index (χ0) is 17.6. The first-order valence-electron chi connectivity index (χ1n) is 7.95. The standard InChI is InChI=1S/C16H17N3O3S3/c1-9(17-10-4-6-25(21,22)8-10)14-18-15(20)13-11(7-24-16(13)19-14)12-3-2-5-23-12/h2-3,5,7,9-10,17H,4,6,8H2,1H3,(H,18,19,20)/t9-,10+/m0/s1. The van der Waals surface area contributed by atoms with Gasteiger partial charge in [0.05, 0.1) is 22.9 Å². The van der Waals surface area contributed by atoms with E-state index in [0.717, 1.165) is 10.4 Å². The molecule has 1 aliphatic rings. The van der Waals surface area contributed by atoms with Crippen molar-refractivity contribution in [3.8, 4) is 10.4 Å². The van der Waals surface area contributed by atoms with Crippen LogP contribution in [-0.2, 0) is 9.84 Å². The smallest absolute Gasteiger partial charge is 0.260 e. The fraction of sp³-hybridized carbons (Fsp3) is 0.375. The largest absolute Gasteiger partial charge is 0.309 e. The molecule has 0 unspecified atom stereocenters. The summed E-state index contributed by atoms with van der Waals surface area (Å²) in [5.41, 5.74) is 0.759. The molecule has 4 heterocycles. The second-order valence-electron chi connectivity index (χ2n) is 6.25. The highest BCUT2D eigenvalue weighted by atomic mass is 32.2. The van der Waals surface area contributed by atoms with Gasteiger partial charge in [0.1, 0.15) is 10.7 Å². The van der Waals surface area contributed by atoms with Crippen LogP contribution in [0.2, 0.25) is 0 Å². The van der Waals surface area contributed by atoms with Gasteiger partial charge in [-0.25, -0.2) is 13.4 Å². The van der Waals surface area contributed by atoms with Crippen molar-refractivity contribution in [2.24, 2.45) is 0 Å². The molecule has 132 valence electrons. The van der Waals surface area contributed by atoms with Gasteiger partial charge in [0.2, 0.25) is 0 Å². The molecule has 2 N–H and O–H groups in total. The summed E-state index contributed by atoms with van der Waals surface area (Å²) in [5, 5.41) is 7.83. The van der Waals surface area contributed by atoms with Crippen molar-refractivity contribution < 1.29 is 8.42 Å². The second kappa shape index (κ2) is 6.31. The van der Waals surface area contributed by atoms with Crippen LogP contribution in [0.1, 0.15) is 25.2 Å². The highest BCUT2D eigenvalue weighted by Crippen LogP contribution is 2.33. The monoisotopic (exact) mass is 395 g/mol. The zero-order valence-electron chi connectivity index (χ0n) is 13.5. The third-order valence-corrected chi connectivity index (χ3v) is 7.92. The number of aromatic amines is 1. The van der Waals surface area contributed by atoms with Crippen molar-refractivity contribution >= 4 is 42.7 Å². The lowest BCUT2D eigenvalue weighted by Gasteiger charge is -2.17. The summed E-state index contributed by atoms with van der Waals surface area (Å²) in [5.74, 6) is 0.905. The van der Waals surface area contributed by atoms with E-state index in [0.29, 0.717) is 22.5 Å². The molecule has 0 amide bonds. The van der Waals surface area contributed by atoms with Gasteiger partial charge < -0.3 is 10.3 Å². The van der Waals surface area contributed by atoms with Crippen molar-refractivity contribution in [3.05, 3.63) is 39.1 Å². The first kappa shape index (κ1) is 16.9. The Bertz CT molecular complexity index is 1070. The first-order chi connectivity index (χ1) is 11.9. The average Bonchev–Trinajstić information content (AvgIpc) is 3.26. The van der Waals surface area contributed by atoms with E-state index in [-0.39, 0.29) is 29.1 Å². The first-order valence-corrected chi connectivity index (χ1v) is 11.5. The van der Waals surface area contributed by atoms with Gasteiger partial charge in [0.25, 0.3) is 5.56 Å². The number of H-pyrrole nitrogens is 1. The molecule has 25 heavy (non-hydrogen) atoms. The Kier molecular flexibility index (Phi) is 4.27. The molecule has 0 radical (unpaired) electrons. The van der Waals surface area contributed by atoms with Crippen LogP contribution in [0.25, 0.3) is 20.7 Å². The fourth-order valence-corrected chi connectivity index (χ4v) is 6.60. The van der Waals surface area contributed by atoms with Gasteiger partial charge in [0.15, 0.2) is 9.84 Å². The minimum absolute atomic E-state index is 0.0917. The van der Waals surface area contributed by atoms with Crippen molar-refractivity contribution in [3.63, 3.8) is 0 Å². The Morgan fingerprint density at radius 2 is 2.24 bits per heavy atom. The molecule has 4 rings (SSSR count). The van der Waals surface area contributed by atoms with Crippen LogP contribution in [0.5, 0.6) is 0 Å². The predicted octanol–water partition coefficient (Wildman–Crippen LogP) is 2.55. The van der Waals surface area contributed by atoms with Gasteiger partial charge in [-0.1, -0.05) is 6.07 Å². The second-order valence-corrected chi connectivity index (χ2v) is 10.3. The van der Waals surface area contributed by atoms with Crippen LogP contribution in [0, 0.1) is 0 Å². The van der Waals surface area contributed by atoms with E-state index in [9.17, 15) is 13.2 Å². The number of thiophene rings is 2. The normalized spacial score (nSPS) is 20.9. The molecular formula is C16H17N3O3S3. The summed E-state index contributed by atoms with van der Waals surface area (Å²) in [7, 11) is -2.94.